The van der Waals surface area contributed by atoms with Gasteiger partial charge < -0.3 is 16.0 Å². The predicted molar refractivity (Wildman–Crippen MR) is 82.3 cm³/mol. The van der Waals surface area contributed by atoms with Gasteiger partial charge >= 0.3 is 0 Å². The quantitative estimate of drug-likeness (QED) is 0.745. The lowest BCUT2D eigenvalue weighted by Crippen LogP contribution is -2.61. The summed E-state index contributed by atoms with van der Waals surface area (Å²) in [6.45, 7) is 7.82. The van der Waals surface area contributed by atoms with Gasteiger partial charge in [-0.15, -0.1) is 0 Å². The minimum Gasteiger partial charge on any atom is -0.368 e. The first-order valence-electron chi connectivity index (χ1n) is 8.06. The number of fused-ring (bicyclic) bond motifs is 2. The fourth-order valence-corrected chi connectivity index (χ4v) is 4.44. The van der Waals surface area contributed by atoms with Gasteiger partial charge in [0, 0.05) is 19.1 Å². The molecule has 1 amide bonds. The van der Waals surface area contributed by atoms with Gasteiger partial charge in [-0.1, -0.05) is 6.42 Å². The topological polar surface area (TPSA) is 58.4 Å². The van der Waals surface area contributed by atoms with Crippen molar-refractivity contribution < 1.29 is 4.79 Å². The van der Waals surface area contributed by atoms with Gasteiger partial charge in [-0.2, -0.15) is 0 Å². The Morgan fingerprint density at radius 3 is 2.55 bits per heavy atom. The van der Waals surface area contributed by atoms with Crippen LogP contribution in [0.4, 0.5) is 0 Å². The molecular weight excluding hydrogens is 250 g/mol. The number of amides is 1. The van der Waals surface area contributed by atoms with E-state index in [1.54, 1.807) is 0 Å². The molecule has 2 fully saturated rings. The summed E-state index contributed by atoms with van der Waals surface area (Å²) < 4.78 is 0. The van der Waals surface area contributed by atoms with Crippen LogP contribution >= 0.6 is 0 Å². The van der Waals surface area contributed by atoms with Crippen LogP contribution in [0.15, 0.2) is 0 Å². The van der Waals surface area contributed by atoms with Crippen molar-refractivity contribution >= 4 is 5.91 Å². The number of primary amides is 1. The minimum absolute atomic E-state index is 0.253. The van der Waals surface area contributed by atoms with Crippen LogP contribution in [0, 0.1) is 17.8 Å². The molecule has 2 aliphatic rings. The lowest BCUT2D eigenvalue weighted by molar-refractivity contribution is -0.124. The molecule has 0 aromatic rings. The number of nitrogens with one attached hydrogen (secondary N) is 1. The highest BCUT2D eigenvalue weighted by Crippen LogP contribution is 2.48. The van der Waals surface area contributed by atoms with Crippen molar-refractivity contribution in [2.75, 3.05) is 20.1 Å². The molecule has 2 saturated carbocycles. The molecule has 4 atom stereocenters. The van der Waals surface area contributed by atoms with Crippen molar-refractivity contribution in [2.24, 2.45) is 23.5 Å². The Bertz CT molecular complexity index is 358. The fraction of sp³-hybridized carbons (Fsp3) is 0.938. The highest BCUT2D eigenvalue weighted by Gasteiger charge is 2.40. The molecule has 116 valence electrons. The maximum Gasteiger partial charge on any atom is 0.238 e. The molecular formula is C16H31N3O. The van der Waals surface area contributed by atoms with Crippen LogP contribution in [0.2, 0.25) is 0 Å². The van der Waals surface area contributed by atoms with Gasteiger partial charge in [-0.3, -0.25) is 4.79 Å². The highest BCUT2D eigenvalue weighted by atomic mass is 16.1. The first-order valence-corrected chi connectivity index (χ1v) is 8.06. The van der Waals surface area contributed by atoms with Gasteiger partial charge in [0.05, 0.1) is 0 Å². The van der Waals surface area contributed by atoms with Gasteiger partial charge in [-0.05, 0) is 64.8 Å². The third kappa shape index (κ3) is 3.53. The summed E-state index contributed by atoms with van der Waals surface area (Å²) in [5.41, 5.74) is 4.97. The Morgan fingerprint density at radius 2 is 2.10 bits per heavy atom. The SMILES string of the molecule is CC(C)NC(C)(CN(C)CC1CC2CCC1C2)C(N)=O. The second kappa shape index (κ2) is 6.02. The van der Waals surface area contributed by atoms with Crippen molar-refractivity contribution in [3.8, 4) is 0 Å². The Balaban J connectivity index is 1.88. The van der Waals surface area contributed by atoms with Crippen LogP contribution in [0.1, 0.15) is 46.5 Å². The fourth-order valence-electron chi connectivity index (χ4n) is 4.44. The molecule has 4 unspecified atom stereocenters. The number of rotatable bonds is 7. The Labute approximate surface area is 123 Å². The molecule has 2 bridgehead atoms. The third-order valence-corrected chi connectivity index (χ3v) is 5.17. The number of nitrogens with zero attached hydrogens (tertiary/aromatic N) is 1. The van der Waals surface area contributed by atoms with Crippen LogP contribution in [-0.2, 0) is 4.79 Å². The number of likely N-dealkylation sites (N-methyl/N-ethyl adjacent to an activating group) is 1. The number of carbonyl (C=O) groups excluding carboxylic acids is 1. The van der Waals surface area contributed by atoms with Crippen LogP contribution in [-0.4, -0.2) is 42.5 Å². The Kier molecular flexibility index (Phi) is 4.75. The van der Waals surface area contributed by atoms with Crippen LogP contribution < -0.4 is 11.1 Å². The zero-order chi connectivity index (χ0) is 14.9. The molecule has 3 N–H and O–H groups in total. The monoisotopic (exact) mass is 281 g/mol. The molecule has 0 aliphatic heterocycles. The number of hydrogen-bond donors (Lipinski definition) is 2. The second-order valence-corrected chi connectivity index (χ2v) is 7.63. The smallest absolute Gasteiger partial charge is 0.238 e. The molecule has 4 heteroatoms. The van der Waals surface area contributed by atoms with Gasteiger partial charge in [0.15, 0.2) is 0 Å². The molecule has 2 rings (SSSR count). The van der Waals surface area contributed by atoms with E-state index in [-0.39, 0.29) is 11.9 Å². The van der Waals surface area contributed by atoms with Crippen molar-refractivity contribution in [3.05, 3.63) is 0 Å². The summed E-state index contributed by atoms with van der Waals surface area (Å²) in [6.07, 6.45) is 5.69. The van der Waals surface area contributed by atoms with Gasteiger partial charge in [0.1, 0.15) is 5.54 Å². The molecule has 2 aliphatic carbocycles. The maximum atomic E-state index is 11.8. The van der Waals surface area contributed by atoms with Crippen molar-refractivity contribution in [1.29, 1.82) is 0 Å². The highest BCUT2D eigenvalue weighted by molar-refractivity contribution is 5.84. The summed E-state index contributed by atoms with van der Waals surface area (Å²) in [5.74, 6) is 2.48. The number of hydrogen-bond acceptors (Lipinski definition) is 3. The minimum atomic E-state index is -0.638. The molecule has 4 nitrogen and oxygen atoms in total. The standard InChI is InChI=1S/C16H31N3O/c1-11(2)18-16(3,15(17)20)10-19(4)9-14-8-12-5-6-13(14)7-12/h11-14,18H,5-10H2,1-4H3,(H2,17,20). The summed E-state index contributed by atoms with van der Waals surface area (Å²) in [6, 6.07) is 0.253. The van der Waals surface area contributed by atoms with Crippen molar-refractivity contribution in [2.45, 2.75) is 58.0 Å². The molecule has 0 heterocycles. The lowest BCUT2D eigenvalue weighted by Gasteiger charge is -2.35. The second-order valence-electron chi connectivity index (χ2n) is 7.63. The maximum absolute atomic E-state index is 11.8. The van der Waals surface area contributed by atoms with E-state index in [9.17, 15) is 4.79 Å². The number of carbonyl (C=O) groups is 1. The Hall–Kier alpha value is -0.610. The molecule has 0 aromatic carbocycles. The lowest BCUT2D eigenvalue weighted by atomic mass is 9.88. The van der Waals surface area contributed by atoms with Gasteiger partial charge in [0.25, 0.3) is 0 Å². The normalized spacial score (nSPS) is 32.0. The molecule has 0 aromatic heterocycles. The van der Waals surface area contributed by atoms with Crippen LogP contribution in [0.3, 0.4) is 0 Å². The first kappa shape index (κ1) is 15.8. The number of nitrogens with two attached hydrogens (primary N) is 1. The zero-order valence-corrected chi connectivity index (χ0v) is 13.5. The molecule has 0 saturated heterocycles. The zero-order valence-electron chi connectivity index (χ0n) is 13.5. The van der Waals surface area contributed by atoms with E-state index in [2.05, 4.69) is 31.1 Å². The van der Waals surface area contributed by atoms with E-state index < -0.39 is 5.54 Å². The summed E-state index contributed by atoms with van der Waals surface area (Å²) in [5, 5.41) is 3.33. The summed E-state index contributed by atoms with van der Waals surface area (Å²) in [7, 11) is 2.12. The largest absolute Gasteiger partial charge is 0.368 e. The van der Waals surface area contributed by atoms with Crippen LogP contribution in [0.25, 0.3) is 0 Å². The Morgan fingerprint density at radius 1 is 1.40 bits per heavy atom. The molecule has 0 radical (unpaired) electrons. The molecule has 0 spiro atoms. The van der Waals surface area contributed by atoms with Crippen molar-refractivity contribution in [1.82, 2.24) is 10.2 Å². The third-order valence-electron chi connectivity index (χ3n) is 5.17. The summed E-state index contributed by atoms with van der Waals surface area (Å²) >= 11 is 0. The van der Waals surface area contributed by atoms with E-state index in [1.165, 1.54) is 25.7 Å². The van der Waals surface area contributed by atoms with E-state index in [4.69, 9.17) is 5.73 Å². The predicted octanol–water partition coefficient (Wildman–Crippen LogP) is 1.60. The van der Waals surface area contributed by atoms with E-state index in [1.807, 2.05) is 6.92 Å². The van der Waals surface area contributed by atoms with E-state index in [0.717, 1.165) is 24.3 Å². The van der Waals surface area contributed by atoms with Gasteiger partial charge in [0.2, 0.25) is 5.91 Å². The average Bonchev–Trinajstić information content (AvgIpc) is 2.88. The van der Waals surface area contributed by atoms with Crippen LogP contribution in [0.5, 0.6) is 0 Å². The first-order chi connectivity index (χ1) is 9.30. The van der Waals surface area contributed by atoms with Gasteiger partial charge in [-0.25, -0.2) is 0 Å². The molecule has 20 heavy (non-hydrogen) atoms. The van der Waals surface area contributed by atoms with E-state index >= 15 is 0 Å². The average molecular weight is 281 g/mol. The summed E-state index contributed by atoms with van der Waals surface area (Å²) in [4.78, 5) is 14.1. The van der Waals surface area contributed by atoms with Crippen molar-refractivity contribution in [3.63, 3.8) is 0 Å². The van der Waals surface area contributed by atoms with E-state index in [0.29, 0.717) is 6.54 Å².